The van der Waals surface area contributed by atoms with Crippen LogP contribution in [0.2, 0.25) is 0 Å². The Hall–Kier alpha value is -2.11. The lowest BCUT2D eigenvalue weighted by atomic mass is 10.1. The molecule has 0 aliphatic heterocycles. The van der Waals surface area contributed by atoms with Crippen molar-refractivity contribution in [2.75, 3.05) is 6.54 Å². The van der Waals surface area contributed by atoms with Crippen molar-refractivity contribution < 1.29 is 14.7 Å². The predicted molar refractivity (Wildman–Crippen MR) is 68.5 cm³/mol. The first kappa shape index (κ1) is 13.3. The van der Waals surface area contributed by atoms with Gasteiger partial charge in [-0.05, 0) is 31.4 Å². The summed E-state index contributed by atoms with van der Waals surface area (Å²) in [5, 5.41) is 14.4. The monoisotopic (exact) mass is 263 g/mol. The molecule has 1 heterocycles. The van der Waals surface area contributed by atoms with E-state index in [1.807, 2.05) is 13.0 Å². The van der Waals surface area contributed by atoms with Crippen LogP contribution in [0.3, 0.4) is 0 Å². The van der Waals surface area contributed by atoms with Gasteiger partial charge in [0.05, 0.1) is 11.5 Å². The standard InChI is InChI=1S/C13H17N3O3/c1-9(10-3-2-6-14-7-10)16-12(19)15-8-13(4-5-13)11(17)18/h2-3,6-7,9H,4-5,8H2,1H3,(H,17,18)(H2,15,16,19). The van der Waals surface area contributed by atoms with Gasteiger partial charge < -0.3 is 15.7 Å². The second kappa shape index (κ2) is 5.26. The van der Waals surface area contributed by atoms with Crippen LogP contribution in [0, 0.1) is 5.41 Å². The molecule has 0 aromatic carbocycles. The number of carboxylic acid groups (broad SMARTS) is 1. The second-order valence-corrected chi connectivity index (χ2v) is 4.92. The largest absolute Gasteiger partial charge is 0.481 e. The van der Waals surface area contributed by atoms with Crippen molar-refractivity contribution in [2.45, 2.75) is 25.8 Å². The third kappa shape index (κ3) is 3.21. The first-order valence-corrected chi connectivity index (χ1v) is 6.21. The van der Waals surface area contributed by atoms with Crippen LogP contribution in [0.4, 0.5) is 4.79 Å². The lowest BCUT2D eigenvalue weighted by molar-refractivity contribution is -0.143. The summed E-state index contributed by atoms with van der Waals surface area (Å²) in [6, 6.07) is 3.14. The number of amides is 2. The molecular formula is C13H17N3O3. The summed E-state index contributed by atoms with van der Waals surface area (Å²) >= 11 is 0. The lowest BCUT2D eigenvalue weighted by Gasteiger charge is -2.16. The van der Waals surface area contributed by atoms with Gasteiger partial charge in [0.25, 0.3) is 0 Å². The van der Waals surface area contributed by atoms with Gasteiger partial charge in [-0.25, -0.2) is 4.79 Å². The summed E-state index contributed by atoms with van der Waals surface area (Å²) in [7, 11) is 0. The molecule has 102 valence electrons. The molecule has 2 rings (SSSR count). The molecule has 0 bridgehead atoms. The second-order valence-electron chi connectivity index (χ2n) is 4.92. The molecule has 1 aromatic heterocycles. The SMILES string of the molecule is CC(NC(=O)NCC1(C(=O)O)CC1)c1cccnc1. The molecule has 1 saturated carbocycles. The van der Waals surface area contributed by atoms with E-state index in [9.17, 15) is 9.59 Å². The number of hydrogen-bond acceptors (Lipinski definition) is 3. The zero-order valence-corrected chi connectivity index (χ0v) is 10.7. The van der Waals surface area contributed by atoms with Crippen molar-refractivity contribution in [3.8, 4) is 0 Å². The van der Waals surface area contributed by atoms with Gasteiger partial charge in [0.15, 0.2) is 0 Å². The number of aliphatic carboxylic acids is 1. The van der Waals surface area contributed by atoms with Crippen molar-refractivity contribution >= 4 is 12.0 Å². The summed E-state index contributed by atoms with van der Waals surface area (Å²) < 4.78 is 0. The maximum atomic E-state index is 11.7. The predicted octanol–water partition coefficient (Wildman–Crippen LogP) is 1.31. The van der Waals surface area contributed by atoms with Crippen molar-refractivity contribution in [1.82, 2.24) is 15.6 Å². The van der Waals surface area contributed by atoms with Crippen LogP contribution < -0.4 is 10.6 Å². The number of pyridine rings is 1. The Kier molecular flexibility index (Phi) is 3.69. The van der Waals surface area contributed by atoms with E-state index in [2.05, 4.69) is 15.6 Å². The molecule has 0 spiro atoms. The number of urea groups is 1. The highest BCUT2D eigenvalue weighted by Gasteiger charge is 2.50. The average Bonchev–Trinajstić information content (AvgIpc) is 3.18. The van der Waals surface area contributed by atoms with Gasteiger partial charge in [0.2, 0.25) is 0 Å². The topological polar surface area (TPSA) is 91.3 Å². The van der Waals surface area contributed by atoms with Gasteiger partial charge in [0, 0.05) is 18.9 Å². The number of rotatable bonds is 5. The van der Waals surface area contributed by atoms with Crippen LogP contribution in [0.1, 0.15) is 31.4 Å². The summed E-state index contributed by atoms with van der Waals surface area (Å²) in [5.74, 6) is -0.840. The van der Waals surface area contributed by atoms with Gasteiger partial charge >= 0.3 is 12.0 Å². The number of carboxylic acids is 1. The first-order chi connectivity index (χ1) is 9.03. The Morgan fingerprint density at radius 2 is 2.26 bits per heavy atom. The molecule has 1 aliphatic rings. The lowest BCUT2D eigenvalue weighted by Crippen LogP contribution is -2.41. The fourth-order valence-electron chi connectivity index (χ4n) is 1.83. The van der Waals surface area contributed by atoms with E-state index < -0.39 is 11.4 Å². The van der Waals surface area contributed by atoms with Crippen LogP contribution in [0.5, 0.6) is 0 Å². The normalized spacial score (nSPS) is 17.3. The third-order valence-electron chi connectivity index (χ3n) is 3.43. The summed E-state index contributed by atoms with van der Waals surface area (Å²) in [5.41, 5.74) is 0.159. The molecule has 3 N–H and O–H groups in total. The minimum Gasteiger partial charge on any atom is -0.481 e. The average molecular weight is 263 g/mol. The molecule has 6 nitrogen and oxygen atoms in total. The molecule has 0 saturated heterocycles. The van der Waals surface area contributed by atoms with Crippen LogP contribution in [-0.2, 0) is 4.79 Å². The van der Waals surface area contributed by atoms with Gasteiger partial charge in [-0.3, -0.25) is 9.78 Å². The fraction of sp³-hybridized carbons (Fsp3) is 0.462. The van der Waals surface area contributed by atoms with Crippen molar-refractivity contribution in [3.05, 3.63) is 30.1 Å². The Bertz CT molecular complexity index is 471. The minimum atomic E-state index is -0.840. The van der Waals surface area contributed by atoms with Crippen molar-refractivity contribution in [3.63, 3.8) is 0 Å². The van der Waals surface area contributed by atoms with E-state index >= 15 is 0 Å². The number of carbonyl (C=O) groups excluding carboxylic acids is 1. The van der Waals surface area contributed by atoms with Gasteiger partial charge in [-0.15, -0.1) is 0 Å². The summed E-state index contributed by atoms with van der Waals surface area (Å²) in [4.78, 5) is 26.6. The molecule has 1 unspecified atom stereocenters. The maximum Gasteiger partial charge on any atom is 0.315 e. The van der Waals surface area contributed by atoms with E-state index in [-0.39, 0.29) is 18.6 Å². The number of nitrogens with zero attached hydrogens (tertiary/aromatic N) is 1. The number of nitrogens with one attached hydrogen (secondary N) is 2. The minimum absolute atomic E-state index is 0.173. The molecule has 1 aliphatic carbocycles. The smallest absolute Gasteiger partial charge is 0.315 e. The molecule has 1 fully saturated rings. The quantitative estimate of drug-likeness (QED) is 0.747. The van der Waals surface area contributed by atoms with Crippen LogP contribution in [0.25, 0.3) is 0 Å². The molecule has 19 heavy (non-hydrogen) atoms. The molecule has 2 amide bonds. The Balaban J connectivity index is 1.80. The zero-order valence-electron chi connectivity index (χ0n) is 10.7. The van der Waals surface area contributed by atoms with E-state index in [0.717, 1.165) is 5.56 Å². The summed E-state index contributed by atoms with van der Waals surface area (Å²) in [6.07, 6.45) is 4.60. The van der Waals surface area contributed by atoms with Crippen molar-refractivity contribution in [2.24, 2.45) is 5.41 Å². The van der Waals surface area contributed by atoms with E-state index in [4.69, 9.17) is 5.11 Å². The summed E-state index contributed by atoms with van der Waals surface area (Å²) in [6.45, 7) is 2.02. The number of hydrogen-bond donors (Lipinski definition) is 3. The number of aromatic nitrogens is 1. The van der Waals surface area contributed by atoms with E-state index in [1.54, 1.807) is 18.5 Å². The molecular weight excluding hydrogens is 246 g/mol. The molecule has 0 radical (unpaired) electrons. The molecule has 1 aromatic rings. The first-order valence-electron chi connectivity index (χ1n) is 6.21. The fourth-order valence-corrected chi connectivity index (χ4v) is 1.83. The van der Waals surface area contributed by atoms with Crippen molar-refractivity contribution in [1.29, 1.82) is 0 Å². The zero-order chi connectivity index (χ0) is 13.9. The molecule has 1 atom stereocenters. The highest BCUT2D eigenvalue weighted by atomic mass is 16.4. The Morgan fingerprint density at radius 3 is 2.79 bits per heavy atom. The Labute approximate surface area is 111 Å². The highest BCUT2D eigenvalue weighted by Crippen LogP contribution is 2.45. The van der Waals surface area contributed by atoms with Crippen LogP contribution >= 0.6 is 0 Å². The Morgan fingerprint density at radius 1 is 1.53 bits per heavy atom. The van der Waals surface area contributed by atoms with Crippen LogP contribution in [-0.4, -0.2) is 28.6 Å². The maximum absolute atomic E-state index is 11.7. The van der Waals surface area contributed by atoms with Gasteiger partial charge in [-0.1, -0.05) is 6.07 Å². The van der Waals surface area contributed by atoms with Gasteiger partial charge in [0.1, 0.15) is 0 Å². The van der Waals surface area contributed by atoms with E-state index in [1.165, 1.54) is 0 Å². The third-order valence-corrected chi connectivity index (χ3v) is 3.43. The highest BCUT2D eigenvalue weighted by molar-refractivity contribution is 5.80. The van der Waals surface area contributed by atoms with Crippen LogP contribution in [0.15, 0.2) is 24.5 Å². The number of carbonyl (C=O) groups is 2. The van der Waals surface area contributed by atoms with Gasteiger partial charge in [-0.2, -0.15) is 0 Å². The molecule has 6 heteroatoms. The van der Waals surface area contributed by atoms with E-state index in [0.29, 0.717) is 12.8 Å².